The van der Waals surface area contributed by atoms with E-state index in [-0.39, 0.29) is 16.4 Å². The van der Waals surface area contributed by atoms with Gasteiger partial charge in [0.1, 0.15) is 18.2 Å². The molecule has 0 unspecified atom stereocenters. The highest BCUT2D eigenvalue weighted by molar-refractivity contribution is 7.80. The Morgan fingerprint density at radius 1 is 0.917 bits per heavy atom. The normalized spacial score (nSPS) is 8.88. The second kappa shape index (κ2) is 8.05. The zero-order valence-corrected chi connectivity index (χ0v) is 13.2. The molecule has 1 aromatic heterocycles. The van der Waals surface area contributed by atoms with Gasteiger partial charge in [0.2, 0.25) is 23.2 Å². The van der Waals surface area contributed by atoms with Crippen molar-refractivity contribution >= 4 is 23.0 Å². The van der Waals surface area contributed by atoms with Gasteiger partial charge in [-0.2, -0.15) is 15.8 Å². The van der Waals surface area contributed by atoms with Gasteiger partial charge in [-0.05, 0) is 24.4 Å². The predicted molar refractivity (Wildman–Crippen MR) is 91.4 cm³/mol. The number of nitriles is 3. The van der Waals surface area contributed by atoms with E-state index >= 15 is 0 Å². The third kappa shape index (κ3) is 3.72. The van der Waals surface area contributed by atoms with E-state index in [1.54, 1.807) is 42.7 Å². The predicted octanol–water partition coefficient (Wildman–Crippen LogP) is 2.13. The van der Waals surface area contributed by atoms with Crippen molar-refractivity contribution in [1.29, 1.82) is 15.8 Å². The van der Waals surface area contributed by atoms with Gasteiger partial charge >= 0.3 is 0 Å². The van der Waals surface area contributed by atoms with Crippen LogP contribution in [0, 0.1) is 34.0 Å². The average molecular weight is 331 g/mol. The smallest absolute Gasteiger partial charge is 0.239 e. The van der Waals surface area contributed by atoms with Crippen LogP contribution < -0.4 is 15.0 Å². The monoisotopic (exact) mass is 331 g/mol. The molecule has 0 aliphatic heterocycles. The lowest BCUT2D eigenvalue weighted by Gasteiger charge is -2.18. The number of aromatic nitrogens is 1. The first-order valence-electron chi connectivity index (χ1n) is 6.78. The van der Waals surface area contributed by atoms with E-state index in [1.807, 2.05) is 36.4 Å². The van der Waals surface area contributed by atoms with Gasteiger partial charge in [0.15, 0.2) is 5.57 Å². The molecule has 0 fully saturated rings. The number of nitrogens with zero attached hydrogens (tertiary/aromatic N) is 5. The van der Waals surface area contributed by atoms with Crippen LogP contribution in [0.25, 0.3) is 0 Å². The van der Waals surface area contributed by atoms with Gasteiger partial charge in [0.25, 0.3) is 0 Å². The summed E-state index contributed by atoms with van der Waals surface area (Å²) >= 11 is 5.39. The molecule has 0 aliphatic rings. The molecule has 2 aromatic rings. The second-order valence-corrected chi connectivity index (χ2v) is 4.81. The first-order valence-corrected chi connectivity index (χ1v) is 7.19. The number of anilines is 1. The van der Waals surface area contributed by atoms with Crippen LogP contribution >= 0.6 is 12.2 Å². The van der Waals surface area contributed by atoms with Gasteiger partial charge < -0.3 is 5.32 Å². The molecular formula is C17H11N6S+. The first kappa shape index (κ1) is 16.6. The molecule has 0 atom stereocenters. The van der Waals surface area contributed by atoms with Gasteiger partial charge in [0, 0.05) is 17.8 Å². The third-order valence-corrected chi connectivity index (χ3v) is 3.20. The molecule has 0 radical (unpaired) electrons. The minimum absolute atomic E-state index is 0.150. The number of para-hydroxylation sites is 1. The first-order chi connectivity index (χ1) is 11.7. The highest BCUT2D eigenvalue weighted by Crippen LogP contribution is 2.10. The molecular weight excluding hydrogens is 320 g/mol. The highest BCUT2D eigenvalue weighted by Gasteiger charge is 2.27. The summed E-state index contributed by atoms with van der Waals surface area (Å²) in [6.45, 7) is 0. The van der Waals surface area contributed by atoms with Gasteiger partial charge in [-0.1, -0.05) is 34.0 Å². The Kier molecular flexibility index (Phi) is 5.58. The maximum Gasteiger partial charge on any atom is 0.239 e. The van der Waals surface area contributed by atoms with E-state index in [2.05, 4.69) is 5.32 Å². The number of thiocarbonyl (C=S) groups is 1. The lowest BCUT2D eigenvalue weighted by Crippen LogP contribution is -2.61. The molecule has 1 N–H and O–H groups in total. The van der Waals surface area contributed by atoms with Crippen LogP contribution in [0.2, 0.25) is 0 Å². The molecule has 0 amide bonds. The van der Waals surface area contributed by atoms with E-state index in [0.717, 1.165) is 5.69 Å². The van der Waals surface area contributed by atoms with Crippen LogP contribution in [0.15, 0.2) is 72.2 Å². The SMILES string of the molecule is N#CC(C#N)=C(C#N)N(C(=S)Nc1ccccc1)[n+]1ccccc1. The van der Waals surface area contributed by atoms with Crippen molar-refractivity contribution in [3.63, 3.8) is 0 Å². The largest absolute Gasteiger partial charge is 0.328 e. The van der Waals surface area contributed by atoms with Crippen molar-refractivity contribution in [2.75, 3.05) is 10.3 Å². The van der Waals surface area contributed by atoms with Crippen LogP contribution in [0.3, 0.4) is 0 Å². The van der Waals surface area contributed by atoms with Gasteiger partial charge in [0.05, 0.1) is 0 Å². The number of benzene rings is 1. The fourth-order valence-corrected chi connectivity index (χ4v) is 2.19. The van der Waals surface area contributed by atoms with Crippen molar-refractivity contribution in [3.8, 4) is 18.2 Å². The lowest BCUT2D eigenvalue weighted by molar-refractivity contribution is -0.675. The second-order valence-electron chi connectivity index (χ2n) is 4.42. The number of pyridine rings is 1. The molecule has 1 heterocycles. The lowest BCUT2D eigenvalue weighted by atomic mass is 10.2. The minimum Gasteiger partial charge on any atom is -0.328 e. The average Bonchev–Trinajstić information content (AvgIpc) is 2.63. The van der Waals surface area contributed by atoms with Crippen molar-refractivity contribution in [3.05, 3.63) is 72.2 Å². The maximum atomic E-state index is 9.45. The number of rotatable bonds is 3. The fraction of sp³-hybridized carbons (Fsp3) is 0. The topological polar surface area (TPSA) is 90.5 Å². The van der Waals surface area contributed by atoms with E-state index in [1.165, 1.54) is 9.69 Å². The summed E-state index contributed by atoms with van der Waals surface area (Å²) in [5, 5.41) is 32.1. The van der Waals surface area contributed by atoms with Gasteiger partial charge in [-0.3, -0.25) is 0 Å². The molecule has 2 rings (SSSR count). The van der Waals surface area contributed by atoms with E-state index < -0.39 is 0 Å². The number of nitrogens with one attached hydrogen (secondary N) is 1. The summed E-state index contributed by atoms with van der Waals surface area (Å²) in [5.74, 6) is 0. The van der Waals surface area contributed by atoms with Crippen molar-refractivity contribution in [1.82, 2.24) is 0 Å². The Bertz CT molecular complexity index is 869. The standard InChI is InChI=1S/C17H10N6S/c18-11-14(12-19)16(13-20)23(22-9-5-2-6-10-22)17(24)21-15-7-3-1-4-8-15/h1-10H/p+1. The third-order valence-electron chi connectivity index (χ3n) is 2.93. The summed E-state index contributed by atoms with van der Waals surface area (Å²) in [5.41, 5.74) is 0.229. The van der Waals surface area contributed by atoms with Crippen molar-refractivity contribution < 1.29 is 4.68 Å². The summed E-state index contributed by atoms with van der Waals surface area (Å²) < 4.78 is 1.52. The van der Waals surface area contributed by atoms with Crippen molar-refractivity contribution in [2.24, 2.45) is 0 Å². The Morgan fingerprint density at radius 2 is 1.50 bits per heavy atom. The Balaban J connectivity index is 2.51. The molecule has 7 heteroatoms. The number of allylic oxidation sites excluding steroid dienone is 2. The Labute approximate surface area is 144 Å². The maximum absolute atomic E-state index is 9.45. The van der Waals surface area contributed by atoms with Crippen molar-refractivity contribution in [2.45, 2.75) is 0 Å². The van der Waals surface area contributed by atoms with Crippen LogP contribution in [-0.4, -0.2) is 5.11 Å². The van der Waals surface area contributed by atoms with E-state index in [4.69, 9.17) is 22.7 Å². The number of hydrogen-bond donors (Lipinski definition) is 1. The summed E-state index contributed by atoms with van der Waals surface area (Å²) in [6.07, 6.45) is 3.31. The summed E-state index contributed by atoms with van der Waals surface area (Å²) in [4.78, 5) is 0. The van der Waals surface area contributed by atoms with Crippen LogP contribution in [0.4, 0.5) is 5.69 Å². The molecule has 114 valence electrons. The molecule has 1 aromatic carbocycles. The molecule has 24 heavy (non-hydrogen) atoms. The zero-order chi connectivity index (χ0) is 17.4. The zero-order valence-electron chi connectivity index (χ0n) is 12.4. The quantitative estimate of drug-likeness (QED) is 0.526. The van der Waals surface area contributed by atoms with Crippen LogP contribution in [-0.2, 0) is 0 Å². The highest BCUT2D eigenvalue weighted by atomic mass is 32.1. The van der Waals surface area contributed by atoms with Gasteiger partial charge in [-0.25, -0.2) is 0 Å². The molecule has 0 saturated heterocycles. The van der Waals surface area contributed by atoms with Crippen LogP contribution in [0.5, 0.6) is 0 Å². The van der Waals surface area contributed by atoms with Gasteiger partial charge in [-0.15, -0.1) is 0 Å². The molecule has 6 nitrogen and oxygen atoms in total. The van der Waals surface area contributed by atoms with Crippen LogP contribution in [0.1, 0.15) is 0 Å². The number of hydrogen-bond acceptors (Lipinski definition) is 4. The fourth-order valence-electron chi connectivity index (χ4n) is 1.88. The molecule has 0 spiro atoms. The Morgan fingerprint density at radius 3 is 2.04 bits per heavy atom. The Hall–Kier alpha value is -3.73. The van der Waals surface area contributed by atoms with E-state index in [9.17, 15) is 5.26 Å². The molecule has 0 saturated carbocycles. The summed E-state index contributed by atoms with van der Waals surface area (Å²) in [6, 6.07) is 19.8. The summed E-state index contributed by atoms with van der Waals surface area (Å²) in [7, 11) is 0. The minimum atomic E-state index is -0.328. The molecule has 0 bridgehead atoms. The molecule has 0 aliphatic carbocycles. The van der Waals surface area contributed by atoms with E-state index in [0.29, 0.717) is 0 Å².